The van der Waals surface area contributed by atoms with Crippen molar-refractivity contribution < 1.29 is 17.9 Å². The number of benzene rings is 1. The lowest BCUT2D eigenvalue weighted by atomic mass is 9.78. The minimum absolute atomic E-state index is 0.152. The lowest BCUT2D eigenvalue weighted by Gasteiger charge is -2.27. The first-order valence-electron chi connectivity index (χ1n) is 8.17. The van der Waals surface area contributed by atoms with Gasteiger partial charge < -0.3 is 4.74 Å². The molecule has 0 unspecified atom stereocenters. The molecular weight excluding hydrogens is 301 g/mol. The third-order valence-corrected chi connectivity index (χ3v) is 4.22. The van der Waals surface area contributed by atoms with Crippen LogP contribution in [0.3, 0.4) is 0 Å². The van der Waals surface area contributed by atoms with Crippen molar-refractivity contribution in [1.82, 2.24) is 0 Å². The van der Waals surface area contributed by atoms with Crippen LogP contribution in [-0.2, 0) is 0 Å². The molecule has 1 nitrogen and oxygen atoms in total. The third kappa shape index (κ3) is 6.12. The van der Waals surface area contributed by atoms with E-state index >= 15 is 0 Å². The van der Waals surface area contributed by atoms with E-state index in [0.29, 0.717) is 11.8 Å². The molecule has 0 N–H and O–H groups in total. The van der Waals surface area contributed by atoms with Crippen LogP contribution in [0.15, 0.2) is 48.6 Å². The molecule has 1 saturated carbocycles. The molecule has 0 heterocycles. The van der Waals surface area contributed by atoms with Gasteiger partial charge in [0.2, 0.25) is 0 Å². The Labute approximate surface area is 135 Å². The average molecular weight is 324 g/mol. The van der Waals surface area contributed by atoms with Gasteiger partial charge in [-0.05, 0) is 61.6 Å². The van der Waals surface area contributed by atoms with Crippen LogP contribution in [0.1, 0.15) is 50.5 Å². The molecule has 1 fully saturated rings. The molecule has 0 aliphatic heterocycles. The second-order valence-corrected chi connectivity index (χ2v) is 5.95. The minimum atomic E-state index is -4.63. The number of rotatable bonds is 5. The first-order chi connectivity index (χ1) is 11.0. The number of ether oxygens (including phenoxy) is 1. The van der Waals surface area contributed by atoms with Crippen LogP contribution in [0.2, 0.25) is 0 Å². The highest BCUT2D eigenvalue weighted by Crippen LogP contribution is 2.37. The van der Waals surface area contributed by atoms with Crippen molar-refractivity contribution in [1.29, 1.82) is 0 Å². The molecule has 0 bridgehead atoms. The molecule has 2 rings (SSSR count). The Morgan fingerprint density at radius 3 is 2.26 bits per heavy atom. The van der Waals surface area contributed by atoms with Crippen LogP contribution in [0.25, 0.3) is 0 Å². The molecule has 4 heteroatoms. The molecule has 0 atom stereocenters. The normalized spacial score (nSPS) is 22.8. The van der Waals surface area contributed by atoms with Gasteiger partial charge in [0.1, 0.15) is 5.75 Å². The fourth-order valence-corrected chi connectivity index (χ4v) is 3.02. The highest BCUT2D eigenvalue weighted by Gasteiger charge is 2.31. The molecule has 1 aromatic rings. The van der Waals surface area contributed by atoms with E-state index in [-0.39, 0.29) is 5.75 Å². The number of halogens is 3. The van der Waals surface area contributed by atoms with E-state index < -0.39 is 6.36 Å². The van der Waals surface area contributed by atoms with E-state index in [9.17, 15) is 13.2 Å². The molecule has 0 spiro atoms. The molecule has 0 amide bonds. The van der Waals surface area contributed by atoms with Crippen LogP contribution in [0, 0.1) is 5.92 Å². The van der Waals surface area contributed by atoms with Gasteiger partial charge in [-0.1, -0.05) is 43.4 Å². The summed E-state index contributed by atoms with van der Waals surface area (Å²) in [6.45, 7) is 2.11. The zero-order chi connectivity index (χ0) is 16.7. The van der Waals surface area contributed by atoms with E-state index in [1.54, 1.807) is 12.1 Å². The van der Waals surface area contributed by atoms with Crippen LogP contribution >= 0.6 is 0 Å². The second-order valence-electron chi connectivity index (χ2n) is 5.95. The maximum absolute atomic E-state index is 12.2. The van der Waals surface area contributed by atoms with Crippen molar-refractivity contribution in [3.8, 4) is 5.75 Å². The van der Waals surface area contributed by atoms with Gasteiger partial charge in [0.15, 0.2) is 0 Å². The SMILES string of the molecule is CC/C=C/C=C/C1CCC(c2ccc(OC(F)(F)F)cc2)CC1. The van der Waals surface area contributed by atoms with Crippen LogP contribution in [-0.4, -0.2) is 6.36 Å². The number of alkyl halides is 3. The Bertz CT molecular complexity index is 521. The monoisotopic (exact) mass is 324 g/mol. The number of hydrogen-bond donors (Lipinski definition) is 0. The predicted octanol–water partition coefficient (Wildman–Crippen LogP) is 6.38. The van der Waals surface area contributed by atoms with Gasteiger partial charge in [0.25, 0.3) is 0 Å². The maximum atomic E-state index is 12.2. The van der Waals surface area contributed by atoms with Crippen molar-refractivity contribution in [2.24, 2.45) is 5.92 Å². The van der Waals surface area contributed by atoms with Crippen molar-refractivity contribution >= 4 is 0 Å². The lowest BCUT2D eigenvalue weighted by molar-refractivity contribution is -0.274. The van der Waals surface area contributed by atoms with E-state index in [0.717, 1.165) is 37.7 Å². The van der Waals surface area contributed by atoms with Gasteiger partial charge in [-0.25, -0.2) is 0 Å². The molecule has 1 aromatic carbocycles. The third-order valence-electron chi connectivity index (χ3n) is 4.22. The van der Waals surface area contributed by atoms with Gasteiger partial charge in [0, 0.05) is 0 Å². The van der Waals surface area contributed by atoms with Gasteiger partial charge >= 0.3 is 6.36 Å². The Morgan fingerprint density at radius 1 is 1.04 bits per heavy atom. The summed E-state index contributed by atoms with van der Waals surface area (Å²) in [7, 11) is 0. The first-order valence-corrected chi connectivity index (χ1v) is 8.17. The van der Waals surface area contributed by atoms with Gasteiger partial charge in [0.05, 0.1) is 0 Å². The van der Waals surface area contributed by atoms with Crippen molar-refractivity contribution in [3.63, 3.8) is 0 Å². The van der Waals surface area contributed by atoms with Crippen LogP contribution in [0.4, 0.5) is 13.2 Å². The lowest BCUT2D eigenvalue weighted by Crippen LogP contribution is -2.17. The summed E-state index contributed by atoms with van der Waals surface area (Å²) in [4.78, 5) is 0. The summed E-state index contributed by atoms with van der Waals surface area (Å²) >= 11 is 0. The molecule has 23 heavy (non-hydrogen) atoms. The highest BCUT2D eigenvalue weighted by atomic mass is 19.4. The predicted molar refractivity (Wildman–Crippen MR) is 86.4 cm³/mol. The van der Waals surface area contributed by atoms with Gasteiger partial charge in [-0.15, -0.1) is 13.2 Å². The molecule has 1 aliphatic rings. The van der Waals surface area contributed by atoms with E-state index in [4.69, 9.17) is 0 Å². The quantitative estimate of drug-likeness (QED) is 0.571. The standard InChI is InChI=1S/C19H23F3O/c1-2-3-4-5-6-15-7-9-16(10-8-15)17-11-13-18(14-12-17)23-19(20,21)22/h3-6,11-16H,2,7-10H2,1H3/b4-3+,6-5+. The zero-order valence-corrected chi connectivity index (χ0v) is 13.4. The topological polar surface area (TPSA) is 9.23 Å². The molecule has 0 radical (unpaired) electrons. The largest absolute Gasteiger partial charge is 0.573 e. The van der Waals surface area contributed by atoms with Gasteiger partial charge in [-0.3, -0.25) is 0 Å². The Balaban J connectivity index is 1.85. The van der Waals surface area contributed by atoms with E-state index in [1.165, 1.54) is 12.1 Å². The summed E-state index contributed by atoms with van der Waals surface area (Å²) < 4.78 is 40.4. The van der Waals surface area contributed by atoms with E-state index in [2.05, 4.69) is 36.0 Å². The minimum Gasteiger partial charge on any atom is -0.406 e. The molecule has 1 aliphatic carbocycles. The second kappa shape index (κ2) is 8.23. The summed E-state index contributed by atoms with van der Waals surface area (Å²) in [5, 5.41) is 0. The number of hydrogen-bond acceptors (Lipinski definition) is 1. The average Bonchev–Trinajstić information content (AvgIpc) is 2.52. The summed E-state index contributed by atoms with van der Waals surface area (Å²) in [5.41, 5.74) is 1.10. The highest BCUT2D eigenvalue weighted by molar-refractivity contribution is 5.30. The van der Waals surface area contributed by atoms with Crippen molar-refractivity contribution in [3.05, 3.63) is 54.1 Å². The molecule has 126 valence electrons. The van der Waals surface area contributed by atoms with Crippen LogP contribution in [0.5, 0.6) is 5.75 Å². The molecule has 0 aromatic heterocycles. The Morgan fingerprint density at radius 2 is 1.70 bits per heavy atom. The summed E-state index contributed by atoms with van der Waals surface area (Å²) in [6.07, 6.45) is 9.43. The number of allylic oxidation sites excluding steroid dienone is 4. The smallest absolute Gasteiger partial charge is 0.406 e. The fourth-order valence-electron chi connectivity index (χ4n) is 3.02. The Hall–Kier alpha value is -1.71. The molecule has 0 saturated heterocycles. The first kappa shape index (κ1) is 17.6. The van der Waals surface area contributed by atoms with E-state index in [1.807, 2.05) is 0 Å². The molecular formula is C19H23F3O. The zero-order valence-electron chi connectivity index (χ0n) is 13.4. The summed E-state index contributed by atoms with van der Waals surface area (Å²) in [6, 6.07) is 6.33. The Kier molecular flexibility index (Phi) is 6.31. The maximum Gasteiger partial charge on any atom is 0.573 e. The fraction of sp³-hybridized carbons (Fsp3) is 0.474. The van der Waals surface area contributed by atoms with Crippen LogP contribution < -0.4 is 4.74 Å². The summed E-state index contributed by atoms with van der Waals surface area (Å²) in [5.74, 6) is 0.895. The van der Waals surface area contributed by atoms with Crippen molar-refractivity contribution in [2.75, 3.05) is 0 Å². The van der Waals surface area contributed by atoms with Gasteiger partial charge in [-0.2, -0.15) is 0 Å². The van der Waals surface area contributed by atoms with Crippen molar-refractivity contribution in [2.45, 2.75) is 51.3 Å².